The molecule has 1 saturated carbocycles. The van der Waals surface area contributed by atoms with Crippen LogP contribution in [0.25, 0.3) is 0 Å². The zero-order valence-electron chi connectivity index (χ0n) is 13.0. The second-order valence-corrected chi connectivity index (χ2v) is 6.12. The van der Waals surface area contributed by atoms with Gasteiger partial charge in [0.15, 0.2) is 0 Å². The Morgan fingerprint density at radius 3 is 2.62 bits per heavy atom. The minimum Gasteiger partial charge on any atom is -0.389 e. The minimum atomic E-state index is -0.638. The van der Waals surface area contributed by atoms with E-state index in [2.05, 4.69) is 43.4 Å². The second kappa shape index (κ2) is 7.05. The molecule has 1 aromatic carbocycles. The third-order valence-electron chi connectivity index (χ3n) is 4.03. The number of methoxy groups -OCH3 is 1. The van der Waals surface area contributed by atoms with Crippen LogP contribution in [0.2, 0.25) is 0 Å². The summed E-state index contributed by atoms with van der Waals surface area (Å²) < 4.78 is 4.83. The molecule has 3 atom stereocenters. The number of carbonyl (C=O) groups is 1. The molecule has 0 aliphatic heterocycles. The van der Waals surface area contributed by atoms with Crippen LogP contribution >= 0.6 is 0 Å². The summed E-state index contributed by atoms with van der Waals surface area (Å²) in [5.41, 5.74) is 2.56. The van der Waals surface area contributed by atoms with E-state index < -0.39 is 6.10 Å². The van der Waals surface area contributed by atoms with Gasteiger partial charge in [0.2, 0.25) is 5.91 Å². The normalized spacial score (nSPS) is 22.1. The van der Waals surface area contributed by atoms with E-state index in [0.717, 1.165) is 6.42 Å². The van der Waals surface area contributed by atoms with Gasteiger partial charge in [-0.2, -0.15) is 0 Å². The Hall–Kier alpha value is -1.39. The zero-order valence-corrected chi connectivity index (χ0v) is 13.0. The van der Waals surface area contributed by atoms with Gasteiger partial charge in [-0.25, -0.2) is 0 Å². The van der Waals surface area contributed by atoms with Crippen LogP contribution in [-0.4, -0.2) is 37.4 Å². The summed E-state index contributed by atoms with van der Waals surface area (Å²) >= 11 is 0. The van der Waals surface area contributed by atoms with E-state index in [1.165, 1.54) is 18.2 Å². The molecular weight excluding hydrogens is 266 g/mol. The molecule has 0 heterocycles. The Bertz CT molecular complexity index is 469. The topological polar surface area (TPSA) is 58.6 Å². The van der Waals surface area contributed by atoms with Crippen molar-refractivity contribution in [3.8, 4) is 0 Å². The van der Waals surface area contributed by atoms with Gasteiger partial charge in [-0.05, 0) is 29.4 Å². The predicted molar refractivity (Wildman–Crippen MR) is 82.3 cm³/mol. The fourth-order valence-corrected chi connectivity index (χ4v) is 2.58. The van der Waals surface area contributed by atoms with E-state index in [9.17, 15) is 9.90 Å². The highest BCUT2D eigenvalue weighted by atomic mass is 16.5. The summed E-state index contributed by atoms with van der Waals surface area (Å²) in [6.45, 7) is 4.84. The minimum absolute atomic E-state index is 0.0306. The first kappa shape index (κ1) is 16.0. The molecule has 4 nitrogen and oxygen atoms in total. The Morgan fingerprint density at radius 1 is 1.38 bits per heavy atom. The molecule has 0 saturated heterocycles. The van der Waals surface area contributed by atoms with Crippen LogP contribution < -0.4 is 5.32 Å². The lowest BCUT2D eigenvalue weighted by molar-refractivity contribution is -0.123. The Morgan fingerprint density at radius 2 is 2.05 bits per heavy atom. The summed E-state index contributed by atoms with van der Waals surface area (Å²) in [6, 6.07) is 8.56. The molecule has 21 heavy (non-hydrogen) atoms. The molecule has 1 aliphatic rings. The maximum atomic E-state index is 12.0. The quantitative estimate of drug-likeness (QED) is 0.808. The SMILES string of the molecule is COCC(O)CNC(=O)C1CC1c1ccc(C(C)C)cc1. The van der Waals surface area contributed by atoms with Gasteiger partial charge in [0, 0.05) is 19.6 Å². The number of carbonyl (C=O) groups excluding carboxylic acids is 1. The van der Waals surface area contributed by atoms with Crippen molar-refractivity contribution >= 4 is 5.91 Å². The summed E-state index contributed by atoms with van der Waals surface area (Å²) in [4.78, 5) is 12.0. The number of rotatable bonds is 7. The van der Waals surface area contributed by atoms with Crippen molar-refractivity contribution in [2.24, 2.45) is 5.92 Å². The average Bonchev–Trinajstić information content (AvgIpc) is 3.25. The standard InChI is InChI=1S/C17H25NO3/c1-11(2)12-4-6-13(7-5-12)15-8-16(15)17(20)18-9-14(19)10-21-3/h4-7,11,14-16,19H,8-10H2,1-3H3,(H,18,20). The summed E-state index contributed by atoms with van der Waals surface area (Å²) in [5, 5.41) is 12.3. The molecule has 3 unspecified atom stereocenters. The highest BCUT2D eigenvalue weighted by molar-refractivity contribution is 5.82. The van der Waals surface area contributed by atoms with Gasteiger partial charge in [0.25, 0.3) is 0 Å². The summed E-state index contributed by atoms with van der Waals surface area (Å²) in [5.74, 6) is 0.929. The van der Waals surface area contributed by atoms with Gasteiger partial charge in [-0.1, -0.05) is 38.1 Å². The molecule has 0 radical (unpaired) electrons. The van der Waals surface area contributed by atoms with E-state index in [4.69, 9.17) is 4.74 Å². The average molecular weight is 291 g/mol. The molecule has 1 amide bonds. The van der Waals surface area contributed by atoms with Crippen LogP contribution in [0.5, 0.6) is 0 Å². The van der Waals surface area contributed by atoms with Crippen molar-refractivity contribution in [1.29, 1.82) is 0 Å². The third-order valence-corrected chi connectivity index (χ3v) is 4.03. The summed E-state index contributed by atoms with van der Waals surface area (Å²) in [6.07, 6.45) is 0.259. The maximum absolute atomic E-state index is 12.0. The molecule has 1 aromatic rings. The first-order chi connectivity index (χ1) is 10.0. The first-order valence-corrected chi connectivity index (χ1v) is 7.57. The Balaban J connectivity index is 1.82. The molecule has 1 fully saturated rings. The molecule has 0 aromatic heterocycles. The number of aliphatic hydroxyl groups is 1. The first-order valence-electron chi connectivity index (χ1n) is 7.57. The van der Waals surface area contributed by atoms with Crippen molar-refractivity contribution in [2.75, 3.05) is 20.3 Å². The number of hydrogen-bond acceptors (Lipinski definition) is 3. The van der Waals surface area contributed by atoms with Gasteiger partial charge < -0.3 is 15.2 Å². The monoisotopic (exact) mass is 291 g/mol. The molecule has 4 heteroatoms. The summed E-state index contributed by atoms with van der Waals surface area (Å²) in [7, 11) is 1.53. The van der Waals surface area contributed by atoms with Crippen LogP contribution in [0.1, 0.15) is 43.2 Å². The lowest BCUT2D eigenvalue weighted by atomic mass is 10.00. The number of aliphatic hydroxyl groups excluding tert-OH is 1. The van der Waals surface area contributed by atoms with Crippen molar-refractivity contribution in [1.82, 2.24) is 5.32 Å². The van der Waals surface area contributed by atoms with Crippen LogP contribution in [0.4, 0.5) is 0 Å². The molecule has 1 aliphatic carbocycles. The van der Waals surface area contributed by atoms with E-state index in [1.54, 1.807) is 0 Å². The van der Waals surface area contributed by atoms with Crippen molar-refractivity contribution in [3.63, 3.8) is 0 Å². The highest BCUT2D eigenvalue weighted by Gasteiger charge is 2.43. The predicted octanol–water partition coefficient (Wildman–Crippen LogP) is 2.04. The van der Waals surface area contributed by atoms with Gasteiger partial charge in [0.1, 0.15) is 0 Å². The highest BCUT2D eigenvalue weighted by Crippen LogP contribution is 2.47. The Labute approximate surface area is 126 Å². The fourth-order valence-electron chi connectivity index (χ4n) is 2.58. The van der Waals surface area contributed by atoms with Crippen molar-refractivity contribution in [2.45, 2.75) is 38.2 Å². The van der Waals surface area contributed by atoms with Gasteiger partial charge in [-0.3, -0.25) is 4.79 Å². The second-order valence-electron chi connectivity index (χ2n) is 6.12. The number of nitrogens with one attached hydrogen (secondary N) is 1. The number of benzene rings is 1. The van der Waals surface area contributed by atoms with E-state index in [1.807, 2.05) is 0 Å². The van der Waals surface area contributed by atoms with Gasteiger partial charge in [-0.15, -0.1) is 0 Å². The maximum Gasteiger partial charge on any atom is 0.223 e. The van der Waals surface area contributed by atoms with Crippen molar-refractivity contribution in [3.05, 3.63) is 35.4 Å². The molecule has 2 rings (SSSR count). The van der Waals surface area contributed by atoms with Gasteiger partial charge in [0.05, 0.1) is 12.7 Å². The van der Waals surface area contributed by atoms with Crippen LogP contribution in [-0.2, 0) is 9.53 Å². The number of amides is 1. The number of hydrogen-bond donors (Lipinski definition) is 2. The molecule has 116 valence electrons. The van der Waals surface area contributed by atoms with Crippen LogP contribution in [0.3, 0.4) is 0 Å². The smallest absolute Gasteiger partial charge is 0.223 e. The third kappa shape index (κ3) is 4.29. The zero-order chi connectivity index (χ0) is 15.4. The van der Waals surface area contributed by atoms with E-state index >= 15 is 0 Å². The largest absolute Gasteiger partial charge is 0.389 e. The van der Waals surface area contributed by atoms with E-state index in [-0.39, 0.29) is 25.0 Å². The molecular formula is C17H25NO3. The molecule has 2 N–H and O–H groups in total. The molecule has 0 spiro atoms. The Kier molecular flexibility index (Phi) is 5.37. The van der Waals surface area contributed by atoms with Crippen molar-refractivity contribution < 1.29 is 14.6 Å². The lowest BCUT2D eigenvalue weighted by Gasteiger charge is -2.11. The number of ether oxygens (including phenoxy) is 1. The van der Waals surface area contributed by atoms with Crippen LogP contribution in [0.15, 0.2) is 24.3 Å². The fraction of sp³-hybridized carbons (Fsp3) is 0.588. The van der Waals surface area contributed by atoms with Gasteiger partial charge >= 0.3 is 0 Å². The molecule has 0 bridgehead atoms. The van der Waals surface area contributed by atoms with E-state index in [0.29, 0.717) is 11.8 Å². The van der Waals surface area contributed by atoms with Crippen LogP contribution in [0, 0.1) is 5.92 Å². The lowest BCUT2D eigenvalue weighted by Crippen LogP contribution is -2.35.